The predicted molar refractivity (Wildman–Crippen MR) is 67.3 cm³/mol. The van der Waals surface area contributed by atoms with Crippen molar-refractivity contribution in [2.75, 3.05) is 6.54 Å². The Balaban J connectivity index is 1.84. The summed E-state index contributed by atoms with van der Waals surface area (Å²) in [6.45, 7) is 0.710. The molecule has 2 N–H and O–H groups in total. The van der Waals surface area contributed by atoms with Gasteiger partial charge in [0.25, 0.3) is 0 Å². The Labute approximate surface area is 109 Å². The van der Waals surface area contributed by atoms with Crippen LogP contribution in [-0.4, -0.2) is 38.4 Å². The van der Waals surface area contributed by atoms with Crippen molar-refractivity contribution in [3.05, 3.63) is 30.1 Å². The van der Waals surface area contributed by atoms with Crippen molar-refractivity contribution in [2.24, 2.45) is 5.92 Å². The average molecular weight is 259 g/mol. The summed E-state index contributed by atoms with van der Waals surface area (Å²) in [4.78, 5) is 31.5. The molecule has 0 aromatic carbocycles. The lowest BCUT2D eigenvalue weighted by Crippen LogP contribution is -2.25. The van der Waals surface area contributed by atoms with Crippen LogP contribution in [0.15, 0.2) is 24.5 Å². The number of carbonyl (C=O) groups excluding carboxylic acids is 1. The summed E-state index contributed by atoms with van der Waals surface area (Å²) in [6, 6.07) is 3.77. The number of hydrogen-bond acceptors (Lipinski definition) is 3. The number of pyridine rings is 1. The summed E-state index contributed by atoms with van der Waals surface area (Å²) in [5, 5.41) is 9.93. The maximum Gasteiger partial charge on any atom is 0.308 e. The van der Waals surface area contributed by atoms with E-state index in [2.05, 4.69) is 9.97 Å². The number of nitrogens with one attached hydrogen (secondary N) is 1. The highest BCUT2D eigenvalue weighted by Crippen LogP contribution is 2.23. The third-order valence-corrected chi connectivity index (χ3v) is 3.48. The van der Waals surface area contributed by atoms with E-state index in [9.17, 15) is 9.59 Å². The molecule has 3 rings (SSSR count). The lowest BCUT2D eigenvalue weighted by Gasteiger charge is -2.16. The van der Waals surface area contributed by atoms with Crippen molar-refractivity contribution in [3.8, 4) is 0 Å². The molecule has 3 heterocycles. The molecule has 0 spiro atoms. The van der Waals surface area contributed by atoms with Crippen LogP contribution in [0.25, 0.3) is 11.0 Å². The number of amides is 1. The molecule has 1 unspecified atom stereocenters. The largest absolute Gasteiger partial charge is 0.481 e. The van der Waals surface area contributed by atoms with E-state index in [4.69, 9.17) is 5.11 Å². The molecule has 98 valence electrons. The van der Waals surface area contributed by atoms with Crippen LogP contribution in [0.2, 0.25) is 0 Å². The second kappa shape index (κ2) is 4.38. The number of nitrogens with zero attached hydrogens (tertiary/aromatic N) is 2. The van der Waals surface area contributed by atoms with Gasteiger partial charge >= 0.3 is 5.97 Å². The van der Waals surface area contributed by atoms with Crippen LogP contribution >= 0.6 is 0 Å². The lowest BCUT2D eigenvalue weighted by atomic mass is 10.1. The highest BCUT2D eigenvalue weighted by Gasteiger charge is 2.34. The first-order valence-corrected chi connectivity index (χ1v) is 6.06. The van der Waals surface area contributed by atoms with Crippen molar-refractivity contribution in [1.29, 1.82) is 0 Å². The van der Waals surface area contributed by atoms with Crippen LogP contribution in [-0.2, 0) is 16.1 Å². The fourth-order valence-electron chi connectivity index (χ4n) is 2.45. The summed E-state index contributed by atoms with van der Waals surface area (Å²) in [5.41, 5.74) is 1.75. The highest BCUT2D eigenvalue weighted by molar-refractivity contribution is 5.86. The van der Waals surface area contributed by atoms with E-state index in [1.807, 2.05) is 12.1 Å². The lowest BCUT2D eigenvalue weighted by molar-refractivity contribution is -0.141. The van der Waals surface area contributed by atoms with E-state index in [-0.39, 0.29) is 18.9 Å². The van der Waals surface area contributed by atoms with Gasteiger partial charge in [-0.15, -0.1) is 0 Å². The number of likely N-dealkylation sites (tertiary alicyclic amines) is 1. The summed E-state index contributed by atoms with van der Waals surface area (Å²) >= 11 is 0. The topological polar surface area (TPSA) is 86.3 Å². The Morgan fingerprint density at radius 1 is 1.53 bits per heavy atom. The summed E-state index contributed by atoms with van der Waals surface area (Å²) in [5.74, 6) is -1.60. The zero-order valence-corrected chi connectivity index (χ0v) is 10.2. The van der Waals surface area contributed by atoms with Gasteiger partial charge in [-0.2, -0.15) is 0 Å². The molecule has 0 aliphatic carbocycles. The molecular formula is C13H13N3O3. The number of aliphatic carboxylic acids is 1. The molecule has 6 nitrogen and oxygen atoms in total. The molecule has 1 saturated heterocycles. The van der Waals surface area contributed by atoms with Crippen LogP contribution in [0, 0.1) is 5.92 Å². The Bertz CT molecular complexity index is 649. The number of aromatic nitrogens is 2. The number of aromatic amines is 1. The Kier molecular flexibility index (Phi) is 2.70. The third-order valence-electron chi connectivity index (χ3n) is 3.48. The number of carboxylic acid groups (broad SMARTS) is 1. The number of fused-ring (bicyclic) bond motifs is 1. The third kappa shape index (κ3) is 2.05. The maximum absolute atomic E-state index is 11.8. The summed E-state index contributed by atoms with van der Waals surface area (Å²) in [7, 11) is 0. The zero-order valence-electron chi connectivity index (χ0n) is 10.2. The van der Waals surface area contributed by atoms with E-state index in [1.54, 1.807) is 17.3 Å². The molecular weight excluding hydrogens is 246 g/mol. The molecule has 1 atom stereocenters. The van der Waals surface area contributed by atoms with E-state index >= 15 is 0 Å². The first kappa shape index (κ1) is 11.7. The van der Waals surface area contributed by atoms with Crippen molar-refractivity contribution in [2.45, 2.75) is 13.0 Å². The van der Waals surface area contributed by atoms with E-state index in [1.165, 1.54) is 0 Å². The van der Waals surface area contributed by atoms with Gasteiger partial charge in [0.15, 0.2) is 0 Å². The summed E-state index contributed by atoms with van der Waals surface area (Å²) in [6.07, 6.45) is 3.58. The van der Waals surface area contributed by atoms with Gasteiger partial charge in [-0.05, 0) is 17.7 Å². The molecule has 0 bridgehead atoms. The van der Waals surface area contributed by atoms with Crippen molar-refractivity contribution in [1.82, 2.24) is 14.9 Å². The molecule has 0 saturated carbocycles. The van der Waals surface area contributed by atoms with Crippen LogP contribution < -0.4 is 0 Å². The second-order valence-electron chi connectivity index (χ2n) is 4.72. The second-order valence-corrected chi connectivity index (χ2v) is 4.72. The Hall–Kier alpha value is -2.37. The molecule has 2 aromatic heterocycles. The van der Waals surface area contributed by atoms with Gasteiger partial charge in [0.1, 0.15) is 5.65 Å². The first-order chi connectivity index (χ1) is 9.15. The van der Waals surface area contributed by atoms with Crippen molar-refractivity contribution >= 4 is 22.9 Å². The molecule has 1 fully saturated rings. The van der Waals surface area contributed by atoms with E-state index in [0.29, 0.717) is 6.54 Å². The van der Waals surface area contributed by atoms with Gasteiger partial charge in [0.2, 0.25) is 5.91 Å². The molecule has 6 heteroatoms. The molecule has 0 radical (unpaired) electrons. The quantitative estimate of drug-likeness (QED) is 0.860. The maximum atomic E-state index is 11.8. The van der Waals surface area contributed by atoms with Gasteiger partial charge in [-0.3, -0.25) is 9.59 Å². The Morgan fingerprint density at radius 3 is 3.11 bits per heavy atom. The average Bonchev–Trinajstić information content (AvgIpc) is 2.97. The van der Waals surface area contributed by atoms with E-state index in [0.717, 1.165) is 16.6 Å². The monoisotopic (exact) mass is 259 g/mol. The standard InChI is InChI=1S/C13H13N3O3/c17-11-5-9(13(18)19)7-16(11)6-8-1-3-14-12-10(8)2-4-15-12/h1-4,9H,5-7H2,(H,14,15)(H,18,19). The first-order valence-electron chi connectivity index (χ1n) is 6.06. The molecule has 19 heavy (non-hydrogen) atoms. The van der Waals surface area contributed by atoms with Gasteiger partial charge in [0.05, 0.1) is 5.92 Å². The molecule has 1 aliphatic heterocycles. The SMILES string of the molecule is O=C(O)C1CC(=O)N(Cc2ccnc3[nH]ccc23)C1. The Morgan fingerprint density at radius 2 is 2.37 bits per heavy atom. The smallest absolute Gasteiger partial charge is 0.308 e. The van der Waals surface area contributed by atoms with Crippen molar-refractivity contribution < 1.29 is 14.7 Å². The van der Waals surface area contributed by atoms with E-state index < -0.39 is 11.9 Å². The van der Waals surface area contributed by atoms with Crippen LogP contribution in [0.3, 0.4) is 0 Å². The van der Waals surface area contributed by atoms with Gasteiger partial charge in [-0.1, -0.05) is 0 Å². The molecule has 1 aliphatic rings. The summed E-state index contributed by atoms with van der Waals surface area (Å²) < 4.78 is 0. The highest BCUT2D eigenvalue weighted by atomic mass is 16.4. The minimum absolute atomic E-state index is 0.0939. The van der Waals surface area contributed by atoms with Crippen LogP contribution in [0.1, 0.15) is 12.0 Å². The van der Waals surface area contributed by atoms with Gasteiger partial charge in [0, 0.05) is 37.3 Å². The number of rotatable bonds is 3. The zero-order chi connectivity index (χ0) is 13.4. The van der Waals surface area contributed by atoms with Crippen LogP contribution in [0.5, 0.6) is 0 Å². The van der Waals surface area contributed by atoms with Gasteiger partial charge < -0.3 is 15.0 Å². The number of carboxylic acids is 1. The molecule has 1 amide bonds. The fraction of sp³-hybridized carbons (Fsp3) is 0.308. The normalized spacial score (nSPS) is 19.3. The fourth-order valence-corrected chi connectivity index (χ4v) is 2.45. The predicted octanol–water partition coefficient (Wildman–Crippen LogP) is 0.996. The number of hydrogen-bond donors (Lipinski definition) is 2. The van der Waals surface area contributed by atoms with Crippen LogP contribution in [0.4, 0.5) is 0 Å². The minimum Gasteiger partial charge on any atom is -0.481 e. The number of H-pyrrole nitrogens is 1. The minimum atomic E-state index is -0.905. The van der Waals surface area contributed by atoms with Gasteiger partial charge in [-0.25, -0.2) is 4.98 Å². The van der Waals surface area contributed by atoms with Crippen molar-refractivity contribution in [3.63, 3.8) is 0 Å². The molecule has 2 aromatic rings. The number of carbonyl (C=O) groups is 2.